The summed E-state index contributed by atoms with van der Waals surface area (Å²) in [4.78, 5) is 47.7. The highest BCUT2D eigenvalue weighted by Gasteiger charge is 2.51. The van der Waals surface area contributed by atoms with Crippen LogP contribution in [-0.2, 0) is 25.6 Å². The predicted molar refractivity (Wildman–Crippen MR) is 135 cm³/mol. The molecule has 2 unspecified atom stereocenters. The molecule has 4 atom stereocenters. The van der Waals surface area contributed by atoms with Crippen LogP contribution in [0.4, 0.5) is 16.3 Å². The highest BCUT2D eigenvalue weighted by Crippen LogP contribution is 2.28. The summed E-state index contributed by atoms with van der Waals surface area (Å²) < 4.78 is 5.47. The molecule has 0 bridgehead atoms. The van der Waals surface area contributed by atoms with Gasteiger partial charge in [-0.05, 0) is 77.8 Å². The van der Waals surface area contributed by atoms with Crippen LogP contribution in [0.1, 0.15) is 47.1 Å². The Morgan fingerprint density at radius 2 is 1.70 bits per heavy atom. The Hall–Kier alpha value is -3.38. The van der Waals surface area contributed by atoms with E-state index >= 15 is 0 Å². The van der Waals surface area contributed by atoms with Crippen LogP contribution >= 0.6 is 0 Å². The topological polar surface area (TPSA) is 146 Å². The molecule has 0 spiro atoms. The van der Waals surface area contributed by atoms with Gasteiger partial charge in [-0.2, -0.15) is 0 Å². The van der Waals surface area contributed by atoms with Crippen LogP contribution in [0.3, 0.4) is 0 Å². The van der Waals surface area contributed by atoms with Gasteiger partial charge in [0, 0.05) is 12.1 Å². The van der Waals surface area contributed by atoms with Crippen molar-refractivity contribution in [3.8, 4) is 0 Å². The summed E-state index contributed by atoms with van der Waals surface area (Å²) in [5.41, 5.74) is -0.681. The highest BCUT2D eigenvalue weighted by atomic mass is 16.7. The molecule has 11 nitrogen and oxygen atoms in total. The fraction of sp³-hybridized carbons (Fsp3) is 0.462. The van der Waals surface area contributed by atoms with Gasteiger partial charge in [-0.3, -0.25) is 20.0 Å². The molecule has 1 aliphatic rings. The van der Waals surface area contributed by atoms with Crippen molar-refractivity contribution < 1.29 is 34.1 Å². The summed E-state index contributed by atoms with van der Waals surface area (Å²) in [6.45, 7) is 10.5. The van der Waals surface area contributed by atoms with Crippen LogP contribution in [0, 0.1) is 11.1 Å². The first-order valence-electron chi connectivity index (χ1n) is 12.0. The molecule has 1 aromatic carbocycles. The Labute approximate surface area is 215 Å². The fourth-order valence-corrected chi connectivity index (χ4v) is 3.87. The lowest BCUT2D eigenvalue weighted by molar-refractivity contribution is -0.691. The number of hydrogen-bond donors (Lipinski definition) is 3. The molecule has 2 heterocycles. The van der Waals surface area contributed by atoms with Crippen LogP contribution < -0.4 is 15.4 Å². The minimum Gasteiger partial charge on any atom is -0.621 e. The number of carbonyl (C=O) groups is 3. The molecule has 0 saturated carbocycles. The van der Waals surface area contributed by atoms with Crippen LogP contribution in [0.15, 0.2) is 48.7 Å². The van der Waals surface area contributed by atoms with E-state index in [0.29, 0.717) is 5.56 Å². The van der Waals surface area contributed by atoms with Gasteiger partial charge >= 0.3 is 18.0 Å². The maximum atomic E-state index is 12.9. The van der Waals surface area contributed by atoms with Gasteiger partial charge in [0.15, 0.2) is 5.82 Å². The molecule has 1 aromatic heterocycles. The molecular weight excluding hydrogens is 480 g/mol. The summed E-state index contributed by atoms with van der Waals surface area (Å²) in [7, 11) is 0. The number of aromatic nitrogens is 1. The largest absolute Gasteiger partial charge is 0.621 e. The van der Waals surface area contributed by atoms with Gasteiger partial charge < -0.3 is 15.1 Å². The smallest absolute Gasteiger partial charge is 0.440 e. The molecule has 3 rings (SSSR count). The SMILES string of the molecule is CC(C)(C)OC(=O)N(OC(C)(C)C)c1cc(C[C@@H]2C(C(=O)[NH+]([O-])c3ccccc3)N[C@@H]2C(=O)O)ccn1. The Bertz CT molecular complexity index is 1130. The maximum absolute atomic E-state index is 12.9. The number of carbonyl (C=O) groups excluding carboxylic acids is 2. The minimum atomic E-state index is -1.12. The number of anilines is 1. The first kappa shape index (κ1) is 28.2. The number of hydroxylamine groups is 2. The number of ether oxygens (including phenoxy) is 1. The van der Waals surface area contributed by atoms with E-state index < -0.39 is 52.2 Å². The Morgan fingerprint density at radius 3 is 2.27 bits per heavy atom. The number of pyridine rings is 1. The number of carboxylic acids is 1. The van der Waals surface area contributed by atoms with Gasteiger partial charge in [0.25, 0.3) is 0 Å². The van der Waals surface area contributed by atoms with Crippen LogP contribution in [0.2, 0.25) is 0 Å². The molecule has 3 N–H and O–H groups in total. The molecule has 1 aliphatic heterocycles. The molecular formula is C26H34N4O7. The number of nitrogens with zero attached hydrogens (tertiary/aromatic N) is 2. The van der Waals surface area contributed by atoms with Gasteiger partial charge in [0.05, 0.1) is 5.60 Å². The molecule has 2 aromatic rings. The van der Waals surface area contributed by atoms with Gasteiger partial charge in [0.1, 0.15) is 23.4 Å². The summed E-state index contributed by atoms with van der Waals surface area (Å²) in [6, 6.07) is 9.38. The molecule has 37 heavy (non-hydrogen) atoms. The number of amides is 2. The van der Waals surface area contributed by atoms with Crippen LogP contribution in [0.5, 0.6) is 0 Å². The van der Waals surface area contributed by atoms with E-state index in [1.165, 1.54) is 18.3 Å². The van der Waals surface area contributed by atoms with E-state index in [1.54, 1.807) is 71.9 Å². The zero-order valence-corrected chi connectivity index (χ0v) is 21.8. The Morgan fingerprint density at radius 1 is 1.05 bits per heavy atom. The third-order valence-electron chi connectivity index (χ3n) is 5.44. The molecule has 200 valence electrons. The molecule has 1 saturated heterocycles. The van der Waals surface area contributed by atoms with E-state index in [9.17, 15) is 24.7 Å². The van der Waals surface area contributed by atoms with E-state index in [-0.39, 0.29) is 17.9 Å². The summed E-state index contributed by atoms with van der Waals surface area (Å²) in [5, 5.41) is 25.3. The standard InChI is InChI=1S/C26H34N4O7/c1-25(2,3)36-24(34)30(37-26(4,5)6)19-15-16(12-13-27-19)14-18-20(28-21(18)23(32)33)22(31)29(35)17-10-8-7-9-11-17/h7-13,15,18,20-21,28-29H,14H2,1-6H3,(H,32,33)/t18-,20?,21+/m1/s1. The van der Waals surface area contributed by atoms with Crippen LogP contribution in [0.25, 0.3) is 0 Å². The first-order valence-corrected chi connectivity index (χ1v) is 12.0. The number of benzene rings is 1. The average molecular weight is 515 g/mol. The van der Waals surface area contributed by atoms with Gasteiger partial charge in [-0.25, -0.2) is 14.6 Å². The third kappa shape index (κ3) is 7.32. The predicted octanol–water partition coefficient (Wildman–Crippen LogP) is 2.38. The zero-order valence-electron chi connectivity index (χ0n) is 21.8. The van der Waals surface area contributed by atoms with Gasteiger partial charge in [0.2, 0.25) is 0 Å². The normalized spacial score (nSPS) is 20.5. The van der Waals surface area contributed by atoms with Crippen molar-refractivity contribution >= 4 is 29.5 Å². The number of aliphatic carboxylic acids is 1. The van der Waals surface area contributed by atoms with Crippen molar-refractivity contribution in [1.29, 1.82) is 0 Å². The van der Waals surface area contributed by atoms with Crippen molar-refractivity contribution in [3.05, 3.63) is 59.4 Å². The van der Waals surface area contributed by atoms with Crippen molar-refractivity contribution in [1.82, 2.24) is 10.3 Å². The monoisotopic (exact) mass is 514 g/mol. The highest BCUT2D eigenvalue weighted by molar-refractivity contribution is 5.85. The lowest BCUT2D eigenvalue weighted by Gasteiger charge is -2.43. The number of quaternary nitrogens is 1. The second-order valence-electron chi connectivity index (χ2n) is 10.9. The molecule has 0 aliphatic carbocycles. The van der Waals surface area contributed by atoms with E-state index in [1.807, 2.05) is 0 Å². The fourth-order valence-electron chi connectivity index (χ4n) is 3.87. The van der Waals surface area contributed by atoms with Crippen molar-refractivity contribution in [2.75, 3.05) is 5.06 Å². The first-order chi connectivity index (χ1) is 17.2. The molecule has 0 radical (unpaired) electrons. The maximum Gasteiger partial charge on any atom is 0.440 e. The molecule has 2 amide bonds. The number of para-hydroxylation sites is 1. The number of nitrogens with one attached hydrogen (secondary N) is 2. The summed E-state index contributed by atoms with van der Waals surface area (Å²) in [5.74, 6) is -2.37. The van der Waals surface area contributed by atoms with Crippen molar-refractivity contribution in [3.63, 3.8) is 0 Å². The van der Waals surface area contributed by atoms with Gasteiger partial charge in [-0.1, -0.05) is 18.2 Å². The lowest BCUT2D eigenvalue weighted by Crippen LogP contribution is -3.08. The average Bonchev–Trinajstić information content (AvgIpc) is 2.78. The molecule has 11 heteroatoms. The van der Waals surface area contributed by atoms with Gasteiger partial charge in [-0.15, -0.1) is 5.06 Å². The second-order valence-corrected chi connectivity index (χ2v) is 10.9. The zero-order chi connectivity index (χ0) is 27.5. The quantitative estimate of drug-likeness (QED) is 0.474. The van der Waals surface area contributed by atoms with Crippen molar-refractivity contribution in [2.24, 2.45) is 5.92 Å². The second kappa shape index (κ2) is 10.9. The Balaban J connectivity index is 1.85. The number of carboxylic acid groups (broad SMARTS) is 1. The van der Waals surface area contributed by atoms with E-state index in [4.69, 9.17) is 9.57 Å². The lowest BCUT2D eigenvalue weighted by atomic mass is 9.77. The van der Waals surface area contributed by atoms with E-state index in [0.717, 1.165) is 5.06 Å². The summed E-state index contributed by atoms with van der Waals surface area (Å²) in [6.07, 6.45) is 0.847. The number of rotatable bonds is 7. The van der Waals surface area contributed by atoms with Crippen LogP contribution in [-0.4, -0.2) is 51.3 Å². The number of hydrogen-bond acceptors (Lipinski definition) is 8. The minimum absolute atomic E-state index is 0.143. The van der Waals surface area contributed by atoms with E-state index in [2.05, 4.69) is 10.3 Å². The Kier molecular flexibility index (Phi) is 8.33. The van der Waals surface area contributed by atoms with Crippen molar-refractivity contribution in [2.45, 2.75) is 71.2 Å². The summed E-state index contributed by atoms with van der Waals surface area (Å²) >= 11 is 0. The molecule has 1 fully saturated rings. The third-order valence-corrected chi connectivity index (χ3v) is 5.44.